The molecular weight excluding hydrogens is 1290 g/mol. The largest absolute Gasteiger partial charge is 0.472 e. The van der Waals surface area contributed by atoms with Crippen LogP contribution in [0.15, 0.2) is 0 Å². The minimum absolute atomic E-state index is 0.107. The molecule has 19 heteroatoms. The minimum atomic E-state index is -4.96. The zero-order chi connectivity index (χ0) is 72.8. The Balaban J connectivity index is 5.18. The first-order valence-corrected chi connectivity index (χ1v) is 44.5. The van der Waals surface area contributed by atoms with Gasteiger partial charge in [-0.3, -0.25) is 37.3 Å². The Morgan fingerprint density at radius 3 is 0.687 bits per heavy atom. The van der Waals surface area contributed by atoms with Gasteiger partial charge in [-0.25, -0.2) is 9.13 Å². The van der Waals surface area contributed by atoms with E-state index in [0.717, 1.165) is 115 Å². The van der Waals surface area contributed by atoms with E-state index < -0.39 is 97.5 Å². The Kier molecular flexibility index (Phi) is 70.3. The van der Waals surface area contributed by atoms with E-state index >= 15 is 0 Å². The van der Waals surface area contributed by atoms with Crippen LogP contribution in [0.4, 0.5) is 0 Å². The smallest absolute Gasteiger partial charge is 0.462 e. The fourth-order valence-corrected chi connectivity index (χ4v) is 13.9. The molecule has 0 fully saturated rings. The van der Waals surface area contributed by atoms with Crippen molar-refractivity contribution < 1.29 is 80.2 Å². The van der Waals surface area contributed by atoms with Crippen LogP contribution in [-0.4, -0.2) is 96.7 Å². The van der Waals surface area contributed by atoms with Crippen molar-refractivity contribution in [2.75, 3.05) is 39.6 Å². The van der Waals surface area contributed by atoms with Gasteiger partial charge >= 0.3 is 39.5 Å². The highest BCUT2D eigenvalue weighted by molar-refractivity contribution is 7.47. The SMILES string of the molecule is CCCCCCCCCCCCCCCCCCCCCCC(=O)O[C@H](COC(=O)CCCCCCCCCCCCCCCCC(C)C)COP(=O)(O)OC[C@@H](O)COP(=O)(O)OC[C@@H](COC(=O)CCCCCCCCC)OC(=O)CCCCCCCCCCCCCCC(C)C. The number of phosphoric ester groups is 2. The van der Waals surface area contributed by atoms with Crippen LogP contribution in [0.5, 0.6) is 0 Å². The molecule has 588 valence electrons. The van der Waals surface area contributed by atoms with E-state index in [9.17, 15) is 43.2 Å². The molecule has 0 rings (SSSR count). The molecule has 0 amide bonds. The molecule has 0 aliphatic heterocycles. The van der Waals surface area contributed by atoms with Gasteiger partial charge in [0.15, 0.2) is 12.2 Å². The molecule has 0 aromatic rings. The number of phosphoric acid groups is 2. The molecule has 5 atom stereocenters. The highest BCUT2D eigenvalue weighted by Gasteiger charge is 2.30. The van der Waals surface area contributed by atoms with Gasteiger partial charge in [-0.1, -0.05) is 369 Å². The van der Waals surface area contributed by atoms with Gasteiger partial charge in [-0.05, 0) is 37.5 Å². The third-order valence-corrected chi connectivity index (χ3v) is 20.6. The second-order valence-electron chi connectivity index (χ2n) is 29.8. The topological polar surface area (TPSA) is 237 Å². The van der Waals surface area contributed by atoms with Crippen molar-refractivity contribution in [2.45, 2.75) is 439 Å². The van der Waals surface area contributed by atoms with Crippen LogP contribution in [0.3, 0.4) is 0 Å². The standard InChI is InChI=1S/C80H156O17P2/c1-7-9-11-13-15-16-17-18-19-20-21-22-23-24-29-35-40-46-52-58-64-80(85)97-76(69-91-78(83)63-57-51-45-39-34-28-26-25-27-32-37-43-48-54-60-72(3)4)71-95-99(88,89)93-67-74(81)66-92-98(86,87)94-70-75(68-90-77(82)62-56-50-42-14-12-10-8-2)96-79(84)65-59-53-47-41-36-31-30-33-38-44-49-55-61-73(5)6/h72-76,81H,7-71H2,1-6H3,(H,86,87)(H,88,89)/t74-,75+,76+/m0/s1. The average Bonchev–Trinajstić information content (AvgIpc) is 1.04. The number of rotatable bonds is 79. The quantitative estimate of drug-likeness (QED) is 0.0222. The number of aliphatic hydroxyl groups excluding tert-OH is 1. The predicted octanol–water partition coefficient (Wildman–Crippen LogP) is 23.9. The number of carbonyl (C=O) groups is 4. The first-order chi connectivity index (χ1) is 47.9. The van der Waals surface area contributed by atoms with Gasteiger partial charge < -0.3 is 33.8 Å². The van der Waals surface area contributed by atoms with E-state index in [1.165, 1.54) is 225 Å². The lowest BCUT2D eigenvalue weighted by atomic mass is 10.0. The fraction of sp³-hybridized carbons (Fsp3) is 0.950. The summed E-state index contributed by atoms with van der Waals surface area (Å²) < 4.78 is 68.6. The van der Waals surface area contributed by atoms with Crippen LogP contribution in [0.2, 0.25) is 0 Å². The molecule has 0 radical (unpaired) electrons. The minimum Gasteiger partial charge on any atom is -0.462 e. The van der Waals surface area contributed by atoms with Crippen molar-refractivity contribution in [2.24, 2.45) is 11.8 Å². The average molecular weight is 1450 g/mol. The summed E-state index contributed by atoms with van der Waals surface area (Å²) in [5.41, 5.74) is 0. The number of hydrogen-bond acceptors (Lipinski definition) is 15. The van der Waals surface area contributed by atoms with Gasteiger partial charge in [0.05, 0.1) is 26.4 Å². The lowest BCUT2D eigenvalue weighted by molar-refractivity contribution is -0.161. The normalized spacial score (nSPS) is 13.9. The van der Waals surface area contributed by atoms with Crippen LogP contribution in [0, 0.1) is 11.8 Å². The molecule has 0 spiro atoms. The highest BCUT2D eigenvalue weighted by atomic mass is 31.2. The second-order valence-corrected chi connectivity index (χ2v) is 32.7. The fourth-order valence-electron chi connectivity index (χ4n) is 12.4. The number of aliphatic hydroxyl groups is 1. The maximum Gasteiger partial charge on any atom is 0.472 e. The molecular formula is C80H156O17P2. The molecule has 0 aromatic heterocycles. The molecule has 99 heavy (non-hydrogen) atoms. The van der Waals surface area contributed by atoms with E-state index in [1.54, 1.807) is 0 Å². The predicted molar refractivity (Wildman–Crippen MR) is 405 cm³/mol. The van der Waals surface area contributed by atoms with Gasteiger partial charge in [0.1, 0.15) is 19.3 Å². The van der Waals surface area contributed by atoms with Crippen molar-refractivity contribution in [1.29, 1.82) is 0 Å². The van der Waals surface area contributed by atoms with E-state index in [2.05, 4.69) is 41.5 Å². The van der Waals surface area contributed by atoms with E-state index in [-0.39, 0.29) is 25.7 Å². The molecule has 0 saturated heterocycles. The molecule has 0 aliphatic carbocycles. The van der Waals surface area contributed by atoms with Crippen LogP contribution in [-0.2, 0) is 65.4 Å². The Labute approximate surface area is 607 Å². The van der Waals surface area contributed by atoms with E-state index in [1.807, 2.05) is 0 Å². The van der Waals surface area contributed by atoms with Crippen molar-refractivity contribution in [3.05, 3.63) is 0 Å². The zero-order valence-electron chi connectivity index (χ0n) is 64.8. The second kappa shape index (κ2) is 71.7. The zero-order valence-corrected chi connectivity index (χ0v) is 66.6. The van der Waals surface area contributed by atoms with Gasteiger partial charge in [0.2, 0.25) is 0 Å². The molecule has 0 bridgehead atoms. The molecule has 3 N–H and O–H groups in total. The van der Waals surface area contributed by atoms with Crippen LogP contribution >= 0.6 is 15.6 Å². The summed E-state index contributed by atoms with van der Waals surface area (Å²) in [5.74, 6) is -0.538. The molecule has 17 nitrogen and oxygen atoms in total. The van der Waals surface area contributed by atoms with E-state index in [4.69, 9.17) is 37.0 Å². The number of esters is 4. The monoisotopic (exact) mass is 1450 g/mol. The van der Waals surface area contributed by atoms with Gasteiger partial charge in [-0.2, -0.15) is 0 Å². The van der Waals surface area contributed by atoms with Crippen molar-refractivity contribution in [3.63, 3.8) is 0 Å². The molecule has 0 heterocycles. The Morgan fingerprint density at radius 1 is 0.273 bits per heavy atom. The maximum atomic E-state index is 13.1. The molecule has 0 saturated carbocycles. The summed E-state index contributed by atoms with van der Waals surface area (Å²) in [7, 11) is -9.91. The first-order valence-electron chi connectivity index (χ1n) is 41.5. The van der Waals surface area contributed by atoms with Crippen molar-refractivity contribution >= 4 is 39.5 Å². The summed E-state index contributed by atoms with van der Waals surface area (Å²) in [6, 6.07) is 0. The summed E-state index contributed by atoms with van der Waals surface area (Å²) >= 11 is 0. The molecule has 0 aliphatic rings. The number of unbranched alkanes of at least 4 members (excludes halogenated alkanes) is 49. The van der Waals surface area contributed by atoms with Gasteiger partial charge in [0, 0.05) is 25.7 Å². The highest BCUT2D eigenvalue weighted by Crippen LogP contribution is 2.45. The summed E-state index contributed by atoms with van der Waals surface area (Å²) in [5, 5.41) is 10.6. The van der Waals surface area contributed by atoms with E-state index in [0.29, 0.717) is 25.7 Å². The summed E-state index contributed by atoms with van der Waals surface area (Å²) in [6.45, 7) is 9.62. The number of carbonyl (C=O) groups excluding carboxylic acids is 4. The molecule has 0 aromatic carbocycles. The van der Waals surface area contributed by atoms with Crippen molar-refractivity contribution in [3.8, 4) is 0 Å². The van der Waals surface area contributed by atoms with Gasteiger partial charge in [-0.15, -0.1) is 0 Å². The first kappa shape index (κ1) is 97.1. The summed E-state index contributed by atoms with van der Waals surface area (Å²) in [4.78, 5) is 72.8. The van der Waals surface area contributed by atoms with Gasteiger partial charge in [0.25, 0.3) is 0 Å². The third-order valence-electron chi connectivity index (χ3n) is 18.7. The Bertz CT molecular complexity index is 1910. The summed E-state index contributed by atoms with van der Waals surface area (Å²) in [6.07, 6.45) is 61.2. The van der Waals surface area contributed by atoms with Crippen LogP contribution in [0.25, 0.3) is 0 Å². The third kappa shape index (κ3) is 74.1. The van der Waals surface area contributed by atoms with Crippen LogP contribution < -0.4 is 0 Å². The molecule has 2 unspecified atom stereocenters. The lowest BCUT2D eigenvalue weighted by Gasteiger charge is -2.21. The maximum absolute atomic E-state index is 13.1. The Morgan fingerprint density at radius 2 is 0.465 bits per heavy atom. The lowest BCUT2D eigenvalue weighted by Crippen LogP contribution is -2.30. The Hall–Kier alpha value is -1.94. The van der Waals surface area contributed by atoms with Crippen molar-refractivity contribution in [1.82, 2.24) is 0 Å². The number of hydrogen-bond donors (Lipinski definition) is 3. The van der Waals surface area contributed by atoms with Crippen LogP contribution in [0.1, 0.15) is 420 Å². The number of ether oxygens (including phenoxy) is 4.